The molecule has 1 aliphatic rings. The van der Waals surface area contributed by atoms with Crippen molar-refractivity contribution in [2.45, 2.75) is 32.7 Å². The van der Waals surface area contributed by atoms with E-state index >= 15 is 0 Å². The lowest BCUT2D eigenvalue weighted by molar-refractivity contribution is 0.0898. The predicted molar refractivity (Wildman–Crippen MR) is 104 cm³/mol. The summed E-state index contributed by atoms with van der Waals surface area (Å²) in [5.41, 5.74) is 6.38. The maximum absolute atomic E-state index is 12.6. The van der Waals surface area contributed by atoms with Crippen molar-refractivity contribution in [2.24, 2.45) is 11.7 Å². The summed E-state index contributed by atoms with van der Waals surface area (Å²) >= 11 is 6.20. The highest BCUT2D eigenvalue weighted by Crippen LogP contribution is 2.28. The molecule has 2 rings (SSSR count). The Morgan fingerprint density at radius 2 is 2.16 bits per heavy atom. The Morgan fingerprint density at radius 3 is 2.68 bits per heavy atom. The second-order valence-electron chi connectivity index (χ2n) is 6.87. The average molecular weight is 389 g/mol. The summed E-state index contributed by atoms with van der Waals surface area (Å²) in [5, 5.41) is 6.17. The Bertz CT molecular complexity index is 639. The van der Waals surface area contributed by atoms with E-state index in [9.17, 15) is 9.59 Å². The second-order valence-corrected chi connectivity index (χ2v) is 7.27. The molecule has 4 N–H and O–H groups in total. The lowest BCUT2D eigenvalue weighted by Crippen LogP contribution is -2.52. The molecule has 1 heterocycles. The molecular weight excluding hydrogens is 363 g/mol. The number of carbonyl (C=O) groups is 2. The van der Waals surface area contributed by atoms with E-state index in [-0.39, 0.29) is 24.3 Å². The highest BCUT2D eigenvalue weighted by molar-refractivity contribution is 6.34. The van der Waals surface area contributed by atoms with Crippen molar-refractivity contribution < 1.29 is 9.59 Å². The molecule has 0 spiro atoms. The standard InChI is InChI=1S/C17H25ClN4O2.ClH/c1-11(2)9-17(3,10-19)21-15(23)12-4-5-13(18)14(8-12)22-7-6-20-16(22)24;/h4-5,8,11H,6-7,9-10,19H2,1-3H3,(H,20,24)(H,21,23);1H. The second kappa shape index (κ2) is 8.74. The van der Waals surface area contributed by atoms with Gasteiger partial charge in [0.1, 0.15) is 0 Å². The highest BCUT2D eigenvalue weighted by atomic mass is 35.5. The Labute approximate surface area is 159 Å². The van der Waals surface area contributed by atoms with E-state index in [1.54, 1.807) is 18.2 Å². The van der Waals surface area contributed by atoms with Gasteiger partial charge in [0.15, 0.2) is 0 Å². The Morgan fingerprint density at radius 1 is 1.48 bits per heavy atom. The fourth-order valence-corrected chi connectivity index (χ4v) is 3.21. The van der Waals surface area contributed by atoms with Crippen LogP contribution in [0.3, 0.4) is 0 Å². The molecule has 1 aromatic carbocycles. The molecular formula is C17H26Cl2N4O2. The summed E-state index contributed by atoms with van der Waals surface area (Å²) in [6, 6.07) is 4.73. The van der Waals surface area contributed by atoms with Crippen LogP contribution in [-0.2, 0) is 0 Å². The first-order chi connectivity index (χ1) is 11.3. The van der Waals surface area contributed by atoms with Gasteiger partial charge in [0.25, 0.3) is 5.91 Å². The minimum absolute atomic E-state index is 0. The van der Waals surface area contributed by atoms with Gasteiger partial charge in [-0.1, -0.05) is 25.4 Å². The maximum atomic E-state index is 12.6. The number of nitrogens with one attached hydrogen (secondary N) is 2. The lowest BCUT2D eigenvalue weighted by Gasteiger charge is -2.31. The Hall–Kier alpha value is -1.50. The number of nitrogens with zero attached hydrogens (tertiary/aromatic N) is 1. The molecule has 0 aliphatic carbocycles. The monoisotopic (exact) mass is 388 g/mol. The van der Waals surface area contributed by atoms with Gasteiger partial charge in [-0.2, -0.15) is 0 Å². The molecule has 0 aromatic heterocycles. The molecule has 6 nitrogen and oxygen atoms in total. The third kappa shape index (κ3) is 5.23. The number of halogens is 2. The van der Waals surface area contributed by atoms with Gasteiger partial charge in [-0.3, -0.25) is 9.69 Å². The van der Waals surface area contributed by atoms with Gasteiger partial charge in [-0.25, -0.2) is 4.79 Å². The average Bonchev–Trinajstić information content (AvgIpc) is 2.92. The molecule has 140 valence electrons. The van der Waals surface area contributed by atoms with Gasteiger partial charge in [-0.05, 0) is 37.5 Å². The number of nitrogens with two attached hydrogens (primary N) is 1. The van der Waals surface area contributed by atoms with E-state index in [1.807, 2.05) is 6.92 Å². The van der Waals surface area contributed by atoms with Crippen LogP contribution in [0.2, 0.25) is 5.02 Å². The van der Waals surface area contributed by atoms with E-state index in [0.717, 1.165) is 6.42 Å². The zero-order valence-corrected chi connectivity index (χ0v) is 16.3. The van der Waals surface area contributed by atoms with Crippen molar-refractivity contribution in [1.82, 2.24) is 10.6 Å². The van der Waals surface area contributed by atoms with Gasteiger partial charge in [0.05, 0.1) is 10.7 Å². The van der Waals surface area contributed by atoms with Crippen LogP contribution in [0, 0.1) is 5.92 Å². The third-order valence-electron chi connectivity index (χ3n) is 4.08. The molecule has 1 aliphatic heterocycles. The number of carbonyl (C=O) groups excluding carboxylic acids is 2. The van der Waals surface area contributed by atoms with Crippen molar-refractivity contribution >= 4 is 41.6 Å². The molecule has 1 fully saturated rings. The predicted octanol–water partition coefficient (Wildman–Crippen LogP) is 2.78. The van der Waals surface area contributed by atoms with E-state index in [1.165, 1.54) is 4.90 Å². The first-order valence-electron chi connectivity index (χ1n) is 8.13. The summed E-state index contributed by atoms with van der Waals surface area (Å²) in [6.07, 6.45) is 0.782. The van der Waals surface area contributed by atoms with Gasteiger partial charge >= 0.3 is 6.03 Å². The summed E-state index contributed by atoms with van der Waals surface area (Å²) in [6.45, 7) is 7.56. The largest absolute Gasteiger partial charge is 0.346 e. The van der Waals surface area contributed by atoms with Crippen molar-refractivity contribution in [3.05, 3.63) is 28.8 Å². The van der Waals surface area contributed by atoms with Gasteiger partial charge in [0, 0.05) is 30.7 Å². The number of benzene rings is 1. The summed E-state index contributed by atoms with van der Waals surface area (Å²) in [4.78, 5) is 26.0. The number of amides is 3. The highest BCUT2D eigenvalue weighted by Gasteiger charge is 2.28. The van der Waals surface area contributed by atoms with Gasteiger partial charge in [0.2, 0.25) is 0 Å². The number of rotatable bonds is 6. The molecule has 1 unspecified atom stereocenters. The smallest absolute Gasteiger partial charge is 0.322 e. The molecule has 1 aromatic rings. The van der Waals surface area contributed by atoms with Crippen LogP contribution < -0.4 is 21.3 Å². The molecule has 0 bridgehead atoms. The molecule has 0 saturated carbocycles. The van der Waals surface area contributed by atoms with Crippen molar-refractivity contribution in [2.75, 3.05) is 24.5 Å². The lowest BCUT2D eigenvalue weighted by atomic mass is 9.90. The van der Waals surface area contributed by atoms with E-state index in [4.69, 9.17) is 17.3 Å². The van der Waals surface area contributed by atoms with Crippen LogP contribution >= 0.6 is 24.0 Å². The normalized spacial score (nSPS) is 16.2. The fraction of sp³-hybridized carbons (Fsp3) is 0.529. The van der Waals surface area contributed by atoms with E-state index in [2.05, 4.69) is 24.5 Å². The first-order valence-corrected chi connectivity index (χ1v) is 8.51. The molecule has 8 heteroatoms. The third-order valence-corrected chi connectivity index (χ3v) is 4.40. The maximum Gasteiger partial charge on any atom is 0.322 e. The van der Waals surface area contributed by atoms with Gasteiger partial charge in [-0.15, -0.1) is 12.4 Å². The summed E-state index contributed by atoms with van der Waals surface area (Å²) < 4.78 is 0. The fourth-order valence-electron chi connectivity index (χ4n) is 2.99. The molecule has 3 amide bonds. The Kier molecular flexibility index (Phi) is 7.53. The minimum Gasteiger partial charge on any atom is -0.346 e. The Balaban J connectivity index is 0.00000312. The number of anilines is 1. The molecule has 1 atom stereocenters. The van der Waals surface area contributed by atoms with E-state index < -0.39 is 5.54 Å². The number of hydrogen-bond acceptors (Lipinski definition) is 3. The van der Waals surface area contributed by atoms with Crippen LogP contribution in [-0.4, -0.2) is 37.1 Å². The van der Waals surface area contributed by atoms with Crippen LogP contribution in [0.4, 0.5) is 10.5 Å². The SMILES string of the molecule is CC(C)CC(C)(CN)NC(=O)c1ccc(Cl)c(N2CCNC2=O)c1.Cl. The number of hydrogen-bond donors (Lipinski definition) is 3. The topological polar surface area (TPSA) is 87.5 Å². The number of urea groups is 1. The first kappa shape index (κ1) is 21.5. The molecule has 0 radical (unpaired) electrons. The van der Waals surface area contributed by atoms with Crippen molar-refractivity contribution in [3.63, 3.8) is 0 Å². The quantitative estimate of drug-likeness (QED) is 0.699. The molecule has 1 saturated heterocycles. The van der Waals surface area contributed by atoms with Crippen molar-refractivity contribution in [1.29, 1.82) is 0 Å². The van der Waals surface area contributed by atoms with Crippen LogP contribution in [0.1, 0.15) is 37.6 Å². The zero-order valence-electron chi connectivity index (χ0n) is 14.8. The van der Waals surface area contributed by atoms with E-state index in [0.29, 0.717) is 41.8 Å². The van der Waals surface area contributed by atoms with Gasteiger partial charge < -0.3 is 16.4 Å². The molecule has 25 heavy (non-hydrogen) atoms. The van der Waals surface area contributed by atoms with Crippen LogP contribution in [0.5, 0.6) is 0 Å². The minimum atomic E-state index is -0.476. The summed E-state index contributed by atoms with van der Waals surface area (Å²) in [5.74, 6) is 0.189. The van der Waals surface area contributed by atoms with Crippen LogP contribution in [0.25, 0.3) is 0 Å². The van der Waals surface area contributed by atoms with Crippen LogP contribution in [0.15, 0.2) is 18.2 Å². The van der Waals surface area contributed by atoms with Crippen molar-refractivity contribution in [3.8, 4) is 0 Å². The summed E-state index contributed by atoms with van der Waals surface area (Å²) in [7, 11) is 0. The zero-order chi connectivity index (χ0) is 17.9.